The molecule has 0 unspecified atom stereocenters. The summed E-state index contributed by atoms with van der Waals surface area (Å²) in [6.45, 7) is 2.36. The van der Waals surface area contributed by atoms with Gasteiger partial charge in [0, 0.05) is 19.2 Å². The molecule has 1 amide bonds. The first-order valence-electron chi connectivity index (χ1n) is 11.0. The first kappa shape index (κ1) is 24.4. The van der Waals surface area contributed by atoms with Crippen LogP contribution >= 0.6 is 0 Å². The van der Waals surface area contributed by atoms with Crippen LogP contribution in [0.2, 0.25) is 0 Å². The Kier molecular flexibility index (Phi) is 6.95. The first-order valence-corrected chi connectivity index (χ1v) is 11.0. The van der Waals surface area contributed by atoms with E-state index in [1.165, 1.54) is 41.0 Å². The number of methoxy groups -OCH3 is 2. The number of hydrogen-bond donors (Lipinski definition) is 0. The molecule has 12 heteroatoms. The smallest absolute Gasteiger partial charge is 0.294 e. The molecule has 36 heavy (non-hydrogen) atoms. The number of carbonyl (C=O) groups excluding carboxylic acids is 1. The summed E-state index contributed by atoms with van der Waals surface area (Å²) in [7, 11) is 3.09. The third kappa shape index (κ3) is 4.60. The number of carbonyl (C=O) groups is 1. The maximum absolute atomic E-state index is 13.1. The second kappa shape index (κ2) is 10.3. The second-order valence-corrected chi connectivity index (χ2v) is 7.81. The Labute approximate surface area is 205 Å². The predicted octanol–water partition coefficient (Wildman–Crippen LogP) is 2.56. The van der Waals surface area contributed by atoms with Crippen molar-refractivity contribution in [2.24, 2.45) is 0 Å². The minimum Gasteiger partial charge on any atom is -0.493 e. The second-order valence-electron chi connectivity index (χ2n) is 7.81. The molecule has 0 spiro atoms. The molecule has 4 aromatic rings. The molecule has 0 N–H and O–H groups in total. The van der Waals surface area contributed by atoms with E-state index in [4.69, 9.17) is 9.47 Å². The van der Waals surface area contributed by atoms with Crippen molar-refractivity contribution >= 4 is 22.6 Å². The number of nitrogens with zero attached hydrogens (tertiary/aromatic N) is 6. The minimum absolute atomic E-state index is 0.145. The van der Waals surface area contributed by atoms with Crippen molar-refractivity contribution in [1.29, 1.82) is 0 Å². The summed E-state index contributed by atoms with van der Waals surface area (Å²) >= 11 is 0. The lowest BCUT2D eigenvalue weighted by Gasteiger charge is -2.22. The van der Waals surface area contributed by atoms with Crippen LogP contribution in [-0.2, 0) is 17.9 Å². The van der Waals surface area contributed by atoms with Gasteiger partial charge in [0.1, 0.15) is 23.9 Å². The van der Waals surface area contributed by atoms with Crippen LogP contribution in [0.1, 0.15) is 12.5 Å². The Morgan fingerprint density at radius 3 is 2.58 bits per heavy atom. The molecule has 0 aliphatic heterocycles. The highest BCUT2D eigenvalue weighted by Crippen LogP contribution is 2.28. The van der Waals surface area contributed by atoms with E-state index in [-0.39, 0.29) is 34.9 Å². The average Bonchev–Trinajstić information content (AvgIpc) is 3.33. The molecule has 0 saturated carbocycles. The van der Waals surface area contributed by atoms with Crippen LogP contribution in [0.3, 0.4) is 0 Å². The van der Waals surface area contributed by atoms with Crippen LogP contribution in [0.15, 0.2) is 59.8 Å². The zero-order valence-corrected chi connectivity index (χ0v) is 20.0. The molecule has 0 aliphatic rings. The summed E-state index contributed by atoms with van der Waals surface area (Å²) in [6.07, 6.45) is 2.54. The number of benzene rings is 2. The fourth-order valence-corrected chi connectivity index (χ4v) is 3.86. The lowest BCUT2D eigenvalue weighted by molar-refractivity contribution is -0.384. The Bertz CT molecular complexity index is 1490. The summed E-state index contributed by atoms with van der Waals surface area (Å²) in [4.78, 5) is 42.9. The number of likely N-dealkylation sites (N-methyl/N-ethyl adjacent to an activating group) is 1. The van der Waals surface area contributed by atoms with Gasteiger partial charge < -0.3 is 14.4 Å². The van der Waals surface area contributed by atoms with E-state index in [1.807, 2.05) is 13.0 Å². The number of rotatable bonds is 9. The van der Waals surface area contributed by atoms with Crippen LogP contribution in [0.25, 0.3) is 16.7 Å². The Morgan fingerprint density at radius 1 is 1.14 bits per heavy atom. The van der Waals surface area contributed by atoms with Crippen molar-refractivity contribution in [2.75, 3.05) is 20.8 Å². The zero-order valence-electron chi connectivity index (χ0n) is 20.0. The Hall–Kier alpha value is -4.74. The van der Waals surface area contributed by atoms with Gasteiger partial charge in [-0.1, -0.05) is 18.2 Å². The number of amides is 1. The minimum atomic E-state index is -0.527. The predicted molar refractivity (Wildman–Crippen MR) is 130 cm³/mol. The van der Waals surface area contributed by atoms with E-state index < -0.39 is 10.5 Å². The fraction of sp³-hybridized carbons (Fsp3) is 0.250. The number of aromatic nitrogens is 4. The molecular formula is C24H24N6O6. The molecule has 0 atom stereocenters. The number of fused-ring (bicyclic) bond motifs is 1. The highest BCUT2D eigenvalue weighted by molar-refractivity contribution is 5.78. The molecule has 0 radical (unpaired) electrons. The van der Waals surface area contributed by atoms with Gasteiger partial charge in [0.15, 0.2) is 17.1 Å². The van der Waals surface area contributed by atoms with Gasteiger partial charge in [0.2, 0.25) is 5.91 Å². The van der Waals surface area contributed by atoms with E-state index in [1.54, 1.807) is 36.3 Å². The molecule has 0 aliphatic carbocycles. The molecule has 2 aromatic heterocycles. The van der Waals surface area contributed by atoms with Crippen LogP contribution < -0.4 is 15.0 Å². The molecular weight excluding hydrogens is 468 g/mol. The summed E-state index contributed by atoms with van der Waals surface area (Å²) in [5.74, 6) is 0.865. The summed E-state index contributed by atoms with van der Waals surface area (Å²) in [5.41, 5.74) is 0.549. The summed E-state index contributed by atoms with van der Waals surface area (Å²) < 4.78 is 13.0. The van der Waals surface area contributed by atoms with E-state index in [0.29, 0.717) is 24.6 Å². The zero-order chi connectivity index (χ0) is 25.8. The summed E-state index contributed by atoms with van der Waals surface area (Å²) in [5, 5.41) is 15.7. The van der Waals surface area contributed by atoms with Crippen molar-refractivity contribution in [3.8, 4) is 17.2 Å². The van der Waals surface area contributed by atoms with Gasteiger partial charge >= 0.3 is 0 Å². The van der Waals surface area contributed by atoms with Crippen molar-refractivity contribution in [3.63, 3.8) is 0 Å². The largest absolute Gasteiger partial charge is 0.493 e. The van der Waals surface area contributed by atoms with Gasteiger partial charge in [-0.05, 0) is 30.7 Å². The van der Waals surface area contributed by atoms with Crippen LogP contribution in [-0.4, -0.2) is 55.8 Å². The number of ether oxygens (including phenoxy) is 2. The van der Waals surface area contributed by atoms with Crippen molar-refractivity contribution < 1.29 is 19.2 Å². The van der Waals surface area contributed by atoms with E-state index in [9.17, 15) is 19.7 Å². The topological polar surface area (TPSA) is 135 Å². The van der Waals surface area contributed by atoms with Gasteiger partial charge in [-0.2, -0.15) is 5.10 Å². The Morgan fingerprint density at radius 2 is 1.89 bits per heavy atom. The van der Waals surface area contributed by atoms with Gasteiger partial charge in [-0.15, -0.1) is 0 Å². The third-order valence-electron chi connectivity index (χ3n) is 5.72. The first-order chi connectivity index (χ1) is 17.4. The molecule has 2 heterocycles. The van der Waals surface area contributed by atoms with E-state index in [2.05, 4.69) is 10.1 Å². The average molecular weight is 492 g/mol. The number of hydrogen-bond acceptors (Lipinski definition) is 8. The highest BCUT2D eigenvalue weighted by atomic mass is 16.6. The molecule has 12 nitrogen and oxygen atoms in total. The lowest BCUT2D eigenvalue weighted by atomic mass is 10.2. The van der Waals surface area contributed by atoms with Crippen LogP contribution in [0, 0.1) is 10.1 Å². The summed E-state index contributed by atoms with van der Waals surface area (Å²) in [6, 6.07) is 11.5. The van der Waals surface area contributed by atoms with Crippen LogP contribution in [0.4, 0.5) is 5.69 Å². The molecule has 186 valence electrons. The van der Waals surface area contributed by atoms with Gasteiger partial charge in [-0.25, -0.2) is 9.67 Å². The molecule has 4 rings (SSSR count). The van der Waals surface area contributed by atoms with E-state index in [0.717, 1.165) is 5.56 Å². The van der Waals surface area contributed by atoms with Crippen molar-refractivity contribution in [2.45, 2.75) is 20.0 Å². The quantitative estimate of drug-likeness (QED) is 0.257. The number of para-hydroxylation sites is 2. The number of nitro groups is 1. The van der Waals surface area contributed by atoms with E-state index >= 15 is 0 Å². The SMILES string of the molecule is CCN(Cc1ccc(OC)c(OC)c1)C(=O)Cn1cnc2c(cnn2-c2ccccc2[N+](=O)[O-])c1=O. The lowest BCUT2D eigenvalue weighted by Crippen LogP contribution is -2.36. The fourth-order valence-electron chi connectivity index (χ4n) is 3.86. The third-order valence-corrected chi connectivity index (χ3v) is 5.72. The van der Waals surface area contributed by atoms with Crippen LogP contribution in [0.5, 0.6) is 11.5 Å². The molecule has 0 fully saturated rings. The highest BCUT2D eigenvalue weighted by Gasteiger charge is 2.20. The molecule has 0 bridgehead atoms. The maximum atomic E-state index is 13.1. The van der Waals surface area contributed by atoms with Crippen molar-refractivity contribution in [3.05, 3.63) is 81.0 Å². The normalized spacial score (nSPS) is 10.9. The monoisotopic (exact) mass is 492 g/mol. The van der Waals surface area contributed by atoms with Gasteiger partial charge in [0.05, 0.1) is 25.3 Å². The Balaban J connectivity index is 1.59. The maximum Gasteiger partial charge on any atom is 0.294 e. The van der Waals surface area contributed by atoms with Gasteiger partial charge in [0.25, 0.3) is 11.2 Å². The standard InChI is InChI=1S/C24H24N6O6/c1-4-27(13-16-9-10-20(35-2)21(11-16)36-3)22(31)14-28-15-25-23-17(24(28)32)12-26-29(23)18-7-5-6-8-19(18)30(33)34/h5-12,15H,4,13-14H2,1-3H3. The number of nitro benzene ring substituents is 1. The molecule has 0 saturated heterocycles. The van der Waals surface area contributed by atoms with Gasteiger partial charge in [-0.3, -0.25) is 24.3 Å². The van der Waals surface area contributed by atoms with Crippen molar-refractivity contribution in [1.82, 2.24) is 24.2 Å². The molecule has 2 aromatic carbocycles.